The van der Waals surface area contributed by atoms with Crippen LogP contribution in [0.25, 0.3) is 0 Å². The molecule has 7 nitrogen and oxygen atoms in total. The summed E-state index contributed by atoms with van der Waals surface area (Å²) >= 11 is 5.91. The highest BCUT2D eigenvalue weighted by Crippen LogP contribution is 2.40. The maximum absolute atomic E-state index is 12.6. The van der Waals surface area contributed by atoms with Crippen molar-refractivity contribution in [3.63, 3.8) is 0 Å². The van der Waals surface area contributed by atoms with E-state index in [2.05, 4.69) is 0 Å². The Hall–Kier alpha value is -2.32. The van der Waals surface area contributed by atoms with Gasteiger partial charge in [0.1, 0.15) is 0 Å². The van der Waals surface area contributed by atoms with Crippen molar-refractivity contribution in [2.45, 2.75) is 16.7 Å². The number of sulfone groups is 1. The lowest BCUT2D eigenvalue weighted by molar-refractivity contribution is -0.386. The van der Waals surface area contributed by atoms with E-state index < -0.39 is 36.8 Å². The van der Waals surface area contributed by atoms with Crippen molar-refractivity contribution in [1.82, 2.24) is 0 Å². The first-order chi connectivity index (χ1) is 10.2. The number of nitrogens with zero attached hydrogens (tertiary/aromatic N) is 1. The minimum Gasteiger partial charge on any atom is -0.504 e. The van der Waals surface area contributed by atoms with Crippen molar-refractivity contribution in [2.24, 2.45) is 0 Å². The zero-order chi connectivity index (χ0) is 16.7. The van der Waals surface area contributed by atoms with E-state index in [-0.39, 0.29) is 9.92 Å². The Labute approximate surface area is 130 Å². The van der Waals surface area contributed by atoms with Gasteiger partial charge in [-0.15, -0.1) is 0 Å². The highest BCUT2D eigenvalue weighted by molar-refractivity contribution is 7.91. The van der Waals surface area contributed by atoms with Crippen LogP contribution in [0.5, 0.6) is 11.5 Å². The fourth-order valence-electron chi connectivity index (χ4n) is 1.95. The Morgan fingerprint density at radius 2 is 1.86 bits per heavy atom. The van der Waals surface area contributed by atoms with E-state index in [0.717, 1.165) is 6.07 Å². The van der Waals surface area contributed by atoms with Crippen LogP contribution >= 0.6 is 11.6 Å². The Morgan fingerprint density at radius 1 is 1.23 bits per heavy atom. The molecule has 2 aromatic rings. The zero-order valence-corrected chi connectivity index (χ0v) is 12.7. The molecule has 0 radical (unpaired) electrons. The van der Waals surface area contributed by atoms with Gasteiger partial charge in [0, 0.05) is 12.1 Å². The predicted octanol–water partition coefficient (Wildman–Crippen LogP) is 2.80. The largest absolute Gasteiger partial charge is 0.504 e. The van der Waals surface area contributed by atoms with Crippen LogP contribution in [0.15, 0.2) is 40.1 Å². The minimum absolute atomic E-state index is 0.0461. The second-order valence-corrected chi connectivity index (χ2v) is 6.75. The number of hydrogen-bond donors (Lipinski definition) is 2. The zero-order valence-electron chi connectivity index (χ0n) is 11.1. The number of halogens is 1. The van der Waals surface area contributed by atoms with Gasteiger partial charge in [-0.25, -0.2) is 8.42 Å². The van der Waals surface area contributed by atoms with Crippen molar-refractivity contribution in [1.29, 1.82) is 0 Å². The normalized spacial score (nSPS) is 11.4. The third-order valence-electron chi connectivity index (χ3n) is 2.98. The number of nitro benzene ring substituents is 1. The Kier molecular flexibility index (Phi) is 3.99. The molecule has 0 aliphatic rings. The molecule has 0 unspecified atom stereocenters. The van der Waals surface area contributed by atoms with Crippen LogP contribution in [-0.4, -0.2) is 23.6 Å². The van der Waals surface area contributed by atoms with Crippen LogP contribution < -0.4 is 0 Å². The second-order valence-electron chi connectivity index (χ2n) is 4.46. The van der Waals surface area contributed by atoms with Gasteiger partial charge >= 0.3 is 5.69 Å². The molecule has 0 aliphatic carbocycles. The molecule has 2 aromatic carbocycles. The first kappa shape index (κ1) is 16.1. The number of aromatic hydroxyl groups is 2. The van der Waals surface area contributed by atoms with E-state index in [9.17, 15) is 28.7 Å². The summed E-state index contributed by atoms with van der Waals surface area (Å²) in [5.74, 6) is -1.91. The van der Waals surface area contributed by atoms with Crippen LogP contribution in [0.1, 0.15) is 5.56 Å². The van der Waals surface area contributed by atoms with Crippen molar-refractivity contribution < 1.29 is 23.6 Å². The number of nitro groups is 1. The molecule has 0 aliphatic heterocycles. The molecular formula is C13H10ClNO6S. The molecule has 0 saturated heterocycles. The number of hydrogen-bond acceptors (Lipinski definition) is 6. The molecule has 0 fully saturated rings. The summed E-state index contributed by atoms with van der Waals surface area (Å²) in [7, 11) is -4.20. The highest BCUT2D eigenvalue weighted by Gasteiger charge is 2.28. The highest BCUT2D eigenvalue weighted by atomic mass is 35.5. The average molecular weight is 344 g/mol. The van der Waals surface area contributed by atoms with Gasteiger partial charge in [-0.05, 0) is 18.6 Å². The second kappa shape index (κ2) is 5.47. The van der Waals surface area contributed by atoms with E-state index in [0.29, 0.717) is 11.6 Å². The Morgan fingerprint density at radius 3 is 2.41 bits per heavy atom. The molecular weight excluding hydrogens is 334 g/mol. The van der Waals surface area contributed by atoms with Gasteiger partial charge in [0.05, 0.1) is 19.7 Å². The van der Waals surface area contributed by atoms with Crippen molar-refractivity contribution >= 4 is 27.1 Å². The SMILES string of the molecule is Cc1cccc(Cl)c1S(=O)(=O)c1cc(O)c(O)c([N+](=O)[O-])c1. The molecule has 0 heterocycles. The summed E-state index contributed by atoms with van der Waals surface area (Å²) in [5.41, 5.74) is -0.564. The van der Waals surface area contributed by atoms with Crippen LogP contribution in [0.3, 0.4) is 0 Å². The first-order valence-electron chi connectivity index (χ1n) is 5.87. The maximum atomic E-state index is 12.6. The molecule has 2 N–H and O–H groups in total. The molecule has 0 saturated carbocycles. The lowest BCUT2D eigenvalue weighted by Gasteiger charge is -2.10. The molecule has 22 heavy (non-hydrogen) atoms. The summed E-state index contributed by atoms with van der Waals surface area (Å²) in [6.45, 7) is 1.52. The fraction of sp³-hybridized carbons (Fsp3) is 0.0769. The molecule has 9 heteroatoms. The molecule has 0 spiro atoms. The van der Waals surface area contributed by atoms with Crippen LogP contribution in [0, 0.1) is 17.0 Å². The lowest BCUT2D eigenvalue weighted by atomic mass is 10.2. The molecule has 0 atom stereocenters. The topological polar surface area (TPSA) is 118 Å². The van der Waals surface area contributed by atoms with Crippen molar-refractivity contribution in [3.8, 4) is 11.5 Å². The monoisotopic (exact) mass is 343 g/mol. The van der Waals surface area contributed by atoms with Gasteiger partial charge in [0.2, 0.25) is 15.6 Å². The smallest absolute Gasteiger partial charge is 0.315 e. The third kappa shape index (κ3) is 2.58. The van der Waals surface area contributed by atoms with Gasteiger partial charge in [0.15, 0.2) is 5.75 Å². The number of benzene rings is 2. The standard InChI is InChI=1S/C13H10ClNO6S/c1-7-3-2-4-9(14)13(7)22(20,21)8-5-10(15(18)19)12(17)11(16)6-8/h2-6,16-17H,1H3. The first-order valence-corrected chi connectivity index (χ1v) is 7.73. The summed E-state index contributed by atoms with van der Waals surface area (Å²) in [6.07, 6.45) is 0. The Balaban J connectivity index is 2.78. The summed E-state index contributed by atoms with van der Waals surface area (Å²) in [4.78, 5) is 9.10. The van der Waals surface area contributed by atoms with Crippen molar-refractivity contribution in [3.05, 3.63) is 51.0 Å². The molecule has 0 aromatic heterocycles. The molecule has 0 amide bonds. The van der Waals surface area contributed by atoms with E-state index in [1.807, 2.05) is 0 Å². The molecule has 2 rings (SSSR count). The quantitative estimate of drug-likeness (QED) is 0.502. The van der Waals surface area contributed by atoms with Gasteiger partial charge in [0.25, 0.3) is 0 Å². The molecule has 116 valence electrons. The van der Waals surface area contributed by atoms with Crippen LogP contribution in [0.4, 0.5) is 5.69 Å². The lowest BCUT2D eigenvalue weighted by Crippen LogP contribution is -2.06. The minimum atomic E-state index is -4.20. The fourth-order valence-corrected chi connectivity index (χ4v) is 4.06. The van der Waals surface area contributed by atoms with E-state index in [4.69, 9.17) is 11.6 Å². The maximum Gasteiger partial charge on any atom is 0.315 e. The number of rotatable bonds is 3. The van der Waals surface area contributed by atoms with Gasteiger partial charge in [-0.3, -0.25) is 10.1 Å². The molecule has 0 bridgehead atoms. The number of aryl methyl sites for hydroxylation is 1. The number of phenolic OH excluding ortho intramolecular Hbond substituents is 2. The number of phenols is 2. The average Bonchev–Trinajstić information content (AvgIpc) is 2.40. The van der Waals surface area contributed by atoms with Crippen molar-refractivity contribution in [2.75, 3.05) is 0 Å². The Bertz CT molecular complexity index is 858. The van der Waals surface area contributed by atoms with Crippen LogP contribution in [0.2, 0.25) is 5.02 Å². The summed E-state index contributed by atoms with van der Waals surface area (Å²) in [5, 5.41) is 29.7. The van der Waals surface area contributed by atoms with E-state index in [1.54, 1.807) is 6.07 Å². The predicted molar refractivity (Wildman–Crippen MR) is 78.1 cm³/mol. The van der Waals surface area contributed by atoms with E-state index in [1.165, 1.54) is 19.1 Å². The van der Waals surface area contributed by atoms with E-state index >= 15 is 0 Å². The third-order valence-corrected chi connectivity index (χ3v) is 5.35. The van der Waals surface area contributed by atoms with Crippen LogP contribution in [-0.2, 0) is 9.84 Å². The van der Waals surface area contributed by atoms with Gasteiger partial charge < -0.3 is 10.2 Å². The van der Waals surface area contributed by atoms with Gasteiger partial charge in [-0.2, -0.15) is 0 Å². The summed E-state index contributed by atoms with van der Waals surface area (Å²) < 4.78 is 25.2. The van der Waals surface area contributed by atoms with Gasteiger partial charge in [-0.1, -0.05) is 23.7 Å². The summed E-state index contributed by atoms with van der Waals surface area (Å²) in [6, 6.07) is 5.87.